The smallest absolute Gasteiger partial charge is 0.410 e. The topological polar surface area (TPSA) is 67.9 Å². The lowest BCUT2D eigenvalue weighted by Crippen LogP contribution is -2.57. The van der Waals surface area contributed by atoms with Crippen LogP contribution in [-0.2, 0) is 4.74 Å². The van der Waals surface area contributed by atoms with E-state index in [1.165, 1.54) is 0 Å². The Morgan fingerprint density at radius 1 is 1.03 bits per heavy atom. The average molecular weight is 461 g/mol. The largest absolute Gasteiger partial charge is 0.487 e. The zero-order valence-corrected chi connectivity index (χ0v) is 20.4. The third kappa shape index (κ3) is 5.33. The molecule has 1 N–H and O–H groups in total. The van der Waals surface area contributed by atoms with Crippen LogP contribution in [0, 0.1) is 6.92 Å². The molecule has 0 radical (unpaired) electrons. The van der Waals surface area contributed by atoms with Gasteiger partial charge in [0, 0.05) is 5.56 Å². The molecule has 0 saturated carbocycles. The number of fused-ring (bicyclic) bond motifs is 1. The van der Waals surface area contributed by atoms with Gasteiger partial charge in [0.15, 0.2) is 0 Å². The van der Waals surface area contributed by atoms with Gasteiger partial charge >= 0.3 is 6.09 Å². The normalized spacial score (nSPS) is 14.9. The van der Waals surface area contributed by atoms with Gasteiger partial charge in [0.1, 0.15) is 17.5 Å². The summed E-state index contributed by atoms with van der Waals surface area (Å²) in [5.41, 5.74) is 2.01. The number of ether oxygens (including phenoxy) is 2. The molecule has 178 valence electrons. The number of nitrogens with zero attached hydrogens (tertiary/aromatic N) is 1. The van der Waals surface area contributed by atoms with Crippen LogP contribution in [0.5, 0.6) is 5.75 Å². The molecule has 6 nitrogen and oxygen atoms in total. The molecule has 1 saturated heterocycles. The lowest BCUT2D eigenvalue weighted by atomic mass is 9.99. The van der Waals surface area contributed by atoms with E-state index in [2.05, 4.69) is 23.5 Å². The highest BCUT2D eigenvalue weighted by molar-refractivity contribution is 5.96. The summed E-state index contributed by atoms with van der Waals surface area (Å²) in [5, 5.41) is 5.41. The molecule has 6 heteroatoms. The van der Waals surface area contributed by atoms with E-state index >= 15 is 0 Å². The predicted octanol–water partition coefficient (Wildman–Crippen LogP) is 5.64. The van der Waals surface area contributed by atoms with Crippen LogP contribution in [0.3, 0.4) is 0 Å². The summed E-state index contributed by atoms with van der Waals surface area (Å²) in [6.07, 6.45) is -0.459. The van der Waals surface area contributed by atoms with Crippen LogP contribution >= 0.6 is 0 Å². The molecule has 0 aliphatic carbocycles. The van der Waals surface area contributed by atoms with E-state index < -0.39 is 5.60 Å². The van der Waals surface area contributed by atoms with Crippen LogP contribution in [-0.4, -0.2) is 41.7 Å². The van der Waals surface area contributed by atoms with Gasteiger partial charge < -0.3 is 19.7 Å². The number of amides is 2. The fourth-order valence-corrected chi connectivity index (χ4v) is 4.08. The van der Waals surface area contributed by atoms with Crippen molar-refractivity contribution in [3.63, 3.8) is 0 Å². The van der Waals surface area contributed by atoms with E-state index in [0.29, 0.717) is 24.4 Å². The highest BCUT2D eigenvalue weighted by Gasteiger charge is 2.35. The second kappa shape index (κ2) is 9.37. The van der Waals surface area contributed by atoms with Crippen LogP contribution in [0.2, 0.25) is 0 Å². The lowest BCUT2D eigenvalue weighted by Gasteiger charge is -2.39. The van der Waals surface area contributed by atoms with Crippen LogP contribution in [0.1, 0.15) is 55.2 Å². The monoisotopic (exact) mass is 460 g/mol. The standard InChI is InChI=1S/C28H32N2O4/c1-18-13-14-21(33-22-16-30(17-22)27(32)34-28(3,4)5)15-25(18)26(31)29-19(2)23-12-8-10-20-9-6-7-11-24(20)23/h6-15,19,22H,16-17H2,1-5H3,(H,29,31)/t19-/m1/s1. The molecule has 0 bridgehead atoms. The number of rotatable bonds is 5. The molecule has 4 rings (SSSR count). The Morgan fingerprint density at radius 3 is 2.47 bits per heavy atom. The van der Waals surface area contributed by atoms with Gasteiger partial charge in [-0.1, -0.05) is 48.5 Å². The fraction of sp³-hybridized carbons (Fsp3) is 0.357. The summed E-state index contributed by atoms with van der Waals surface area (Å²) in [4.78, 5) is 26.9. The molecule has 1 aliphatic rings. The molecular formula is C28H32N2O4. The molecule has 1 fully saturated rings. The zero-order chi connectivity index (χ0) is 24.5. The molecule has 3 aromatic carbocycles. The van der Waals surface area contributed by atoms with Crippen molar-refractivity contribution in [2.45, 2.75) is 52.4 Å². The van der Waals surface area contributed by atoms with Gasteiger partial charge in [-0.3, -0.25) is 4.79 Å². The lowest BCUT2D eigenvalue weighted by molar-refractivity contribution is -0.0221. The van der Waals surface area contributed by atoms with Crippen LogP contribution in [0.15, 0.2) is 60.7 Å². The SMILES string of the molecule is Cc1ccc(OC2CN(C(=O)OC(C)(C)C)C2)cc1C(=O)N[C@H](C)c1cccc2ccccc12. The first-order valence-electron chi connectivity index (χ1n) is 11.6. The van der Waals surface area contributed by atoms with E-state index in [0.717, 1.165) is 21.9 Å². The summed E-state index contributed by atoms with van der Waals surface area (Å²) in [7, 11) is 0. The zero-order valence-electron chi connectivity index (χ0n) is 20.4. The van der Waals surface area contributed by atoms with E-state index in [1.54, 1.807) is 11.0 Å². The van der Waals surface area contributed by atoms with Gasteiger partial charge in [-0.05, 0) is 68.7 Å². The first-order chi connectivity index (χ1) is 16.1. The Kier molecular flexibility index (Phi) is 6.51. The Hall–Kier alpha value is -3.54. The number of carbonyl (C=O) groups is 2. The van der Waals surface area contributed by atoms with Gasteiger partial charge in [-0.15, -0.1) is 0 Å². The maximum Gasteiger partial charge on any atom is 0.410 e. The van der Waals surface area contributed by atoms with Crippen molar-refractivity contribution >= 4 is 22.8 Å². The minimum absolute atomic E-state index is 0.124. The highest BCUT2D eigenvalue weighted by atomic mass is 16.6. The first-order valence-corrected chi connectivity index (χ1v) is 11.6. The van der Waals surface area contributed by atoms with Crippen molar-refractivity contribution < 1.29 is 19.1 Å². The van der Waals surface area contributed by atoms with E-state index in [1.807, 2.05) is 71.0 Å². The van der Waals surface area contributed by atoms with Gasteiger partial charge in [0.05, 0.1) is 19.1 Å². The quantitative estimate of drug-likeness (QED) is 0.535. The number of hydrogen-bond acceptors (Lipinski definition) is 4. The van der Waals surface area contributed by atoms with Crippen LogP contribution in [0.4, 0.5) is 4.79 Å². The molecular weight excluding hydrogens is 428 g/mol. The summed E-state index contributed by atoms with van der Waals surface area (Å²) in [6, 6.07) is 19.7. The van der Waals surface area contributed by atoms with E-state index in [4.69, 9.17) is 9.47 Å². The molecule has 1 heterocycles. The second-order valence-corrected chi connectivity index (χ2v) is 9.87. The summed E-state index contributed by atoms with van der Waals surface area (Å²) >= 11 is 0. The third-order valence-electron chi connectivity index (χ3n) is 5.89. The van der Waals surface area contributed by atoms with Crippen molar-refractivity contribution in [1.82, 2.24) is 10.2 Å². The Balaban J connectivity index is 1.40. The molecule has 1 atom stereocenters. The molecule has 0 aromatic heterocycles. The average Bonchev–Trinajstić information content (AvgIpc) is 2.75. The minimum atomic E-state index is -0.522. The van der Waals surface area contributed by atoms with Crippen molar-refractivity contribution in [3.8, 4) is 5.75 Å². The summed E-state index contributed by atoms with van der Waals surface area (Å²) < 4.78 is 11.4. The van der Waals surface area contributed by atoms with Crippen LogP contribution in [0.25, 0.3) is 10.8 Å². The molecule has 2 amide bonds. The van der Waals surface area contributed by atoms with Crippen molar-refractivity contribution in [2.24, 2.45) is 0 Å². The number of benzene rings is 3. The number of aryl methyl sites for hydroxylation is 1. The Labute approximate surface area is 200 Å². The van der Waals surface area contributed by atoms with E-state index in [-0.39, 0.29) is 24.1 Å². The van der Waals surface area contributed by atoms with Crippen LogP contribution < -0.4 is 10.1 Å². The number of hydrogen-bond donors (Lipinski definition) is 1. The molecule has 3 aromatic rings. The van der Waals surface area contributed by atoms with Gasteiger partial charge in [-0.2, -0.15) is 0 Å². The van der Waals surface area contributed by atoms with Gasteiger partial charge in [0.25, 0.3) is 5.91 Å². The number of likely N-dealkylation sites (tertiary alicyclic amines) is 1. The maximum atomic E-state index is 13.1. The summed E-state index contributed by atoms with van der Waals surface area (Å²) in [6.45, 7) is 10.4. The van der Waals surface area contributed by atoms with Gasteiger partial charge in [0.2, 0.25) is 0 Å². The Bertz CT molecular complexity index is 1200. The number of carbonyl (C=O) groups excluding carboxylic acids is 2. The fourth-order valence-electron chi connectivity index (χ4n) is 4.08. The summed E-state index contributed by atoms with van der Waals surface area (Å²) in [5.74, 6) is 0.467. The number of nitrogens with one attached hydrogen (secondary N) is 1. The molecule has 0 unspecified atom stereocenters. The van der Waals surface area contributed by atoms with E-state index in [9.17, 15) is 9.59 Å². The second-order valence-electron chi connectivity index (χ2n) is 9.87. The van der Waals surface area contributed by atoms with Crippen molar-refractivity contribution in [3.05, 3.63) is 77.4 Å². The third-order valence-corrected chi connectivity index (χ3v) is 5.89. The molecule has 0 spiro atoms. The predicted molar refractivity (Wildman–Crippen MR) is 133 cm³/mol. The molecule has 34 heavy (non-hydrogen) atoms. The first kappa shape index (κ1) is 23.6. The van der Waals surface area contributed by atoms with Gasteiger partial charge in [-0.25, -0.2) is 4.79 Å². The van der Waals surface area contributed by atoms with Crippen molar-refractivity contribution in [1.29, 1.82) is 0 Å². The van der Waals surface area contributed by atoms with Crippen molar-refractivity contribution in [2.75, 3.05) is 13.1 Å². The molecule has 1 aliphatic heterocycles. The highest BCUT2D eigenvalue weighted by Crippen LogP contribution is 2.26. The Morgan fingerprint density at radius 2 is 1.74 bits per heavy atom. The maximum absolute atomic E-state index is 13.1. The minimum Gasteiger partial charge on any atom is -0.487 e.